The fourth-order valence-corrected chi connectivity index (χ4v) is 4.45. The van der Waals surface area contributed by atoms with Crippen molar-refractivity contribution >= 4 is 35.4 Å². The number of halogens is 1. The Morgan fingerprint density at radius 3 is 1.65 bits per heavy atom. The van der Waals surface area contributed by atoms with Crippen LogP contribution >= 0.6 is 19.5 Å². The Morgan fingerprint density at radius 2 is 1.20 bits per heavy atom. The SMILES string of the molecule is Clc1ccc(P(c2ccccc2)c2ccccc2)cn1. The van der Waals surface area contributed by atoms with Gasteiger partial charge in [-0.2, -0.15) is 0 Å². The minimum absolute atomic E-state index is 0.532. The molecule has 0 bridgehead atoms. The lowest BCUT2D eigenvalue weighted by Gasteiger charge is -2.18. The molecule has 0 atom stereocenters. The van der Waals surface area contributed by atoms with Gasteiger partial charge in [-0.05, 0) is 30.7 Å². The van der Waals surface area contributed by atoms with Crippen LogP contribution in [0.25, 0.3) is 0 Å². The standard InChI is InChI=1S/C17H13ClNP/c18-17-12-11-16(13-19-17)20(14-7-3-1-4-8-14)15-9-5-2-6-10-15/h1-13H. The van der Waals surface area contributed by atoms with Crippen LogP contribution in [0.5, 0.6) is 0 Å². The second-order valence-electron chi connectivity index (χ2n) is 4.35. The summed E-state index contributed by atoms with van der Waals surface area (Å²) in [5.41, 5.74) is 0. The smallest absolute Gasteiger partial charge is 0.129 e. The molecule has 98 valence electrons. The van der Waals surface area contributed by atoms with Gasteiger partial charge >= 0.3 is 0 Å². The van der Waals surface area contributed by atoms with Crippen molar-refractivity contribution in [2.75, 3.05) is 0 Å². The number of benzene rings is 2. The third-order valence-corrected chi connectivity index (χ3v) is 5.63. The van der Waals surface area contributed by atoms with E-state index in [9.17, 15) is 0 Å². The van der Waals surface area contributed by atoms with E-state index in [4.69, 9.17) is 11.6 Å². The Bertz CT molecular complexity index is 629. The van der Waals surface area contributed by atoms with Crippen LogP contribution < -0.4 is 15.9 Å². The van der Waals surface area contributed by atoms with Crippen molar-refractivity contribution in [2.24, 2.45) is 0 Å². The Labute approximate surface area is 125 Å². The Morgan fingerprint density at radius 1 is 0.650 bits per heavy atom. The summed E-state index contributed by atoms with van der Waals surface area (Å²) in [6, 6.07) is 25.0. The molecule has 20 heavy (non-hydrogen) atoms. The van der Waals surface area contributed by atoms with E-state index in [2.05, 4.69) is 59.6 Å². The molecule has 0 saturated heterocycles. The fourth-order valence-electron chi connectivity index (χ4n) is 2.10. The van der Waals surface area contributed by atoms with E-state index in [1.165, 1.54) is 15.9 Å². The van der Waals surface area contributed by atoms with Crippen molar-refractivity contribution in [1.82, 2.24) is 4.98 Å². The molecule has 0 aliphatic heterocycles. The first kappa shape index (κ1) is 13.3. The number of rotatable bonds is 3. The van der Waals surface area contributed by atoms with Crippen molar-refractivity contribution in [3.05, 3.63) is 84.1 Å². The van der Waals surface area contributed by atoms with Crippen molar-refractivity contribution in [3.8, 4) is 0 Å². The zero-order chi connectivity index (χ0) is 13.8. The molecular formula is C17H13ClNP. The second kappa shape index (κ2) is 6.17. The van der Waals surface area contributed by atoms with Gasteiger partial charge in [-0.15, -0.1) is 0 Å². The molecule has 0 unspecified atom stereocenters. The lowest BCUT2D eigenvalue weighted by Crippen LogP contribution is -2.20. The summed E-state index contributed by atoms with van der Waals surface area (Å²) in [6.45, 7) is 0. The highest BCUT2D eigenvalue weighted by Gasteiger charge is 2.16. The third-order valence-electron chi connectivity index (χ3n) is 3.00. The molecule has 3 aromatic rings. The van der Waals surface area contributed by atoms with Gasteiger partial charge in [0.15, 0.2) is 0 Å². The maximum atomic E-state index is 5.90. The van der Waals surface area contributed by atoms with Gasteiger partial charge in [0.05, 0.1) is 0 Å². The Kier molecular flexibility index (Phi) is 4.11. The Hall–Kier alpha value is -1.69. The summed E-state index contributed by atoms with van der Waals surface area (Å²) in [7, 11) is -0.580. The average Bonchev–Trinajstić information content (AvgIpc) is 2.52. The fraction of sp³-hybridized carbons (Fsp3) is 0. The molecule has 1 nitrogen and oxygen atoms in total. The van der Waals surface area contributed by atoms with Gasteiger partial charge in [-0.25, -0.2) is 4.98 Å². The number of hydrogen-bond donors (Lipinski definition) is 0. The van der Waals surface area contributed by atoms with Gasteiger partial charge in [-0.1, -0.05) is 72.3 Å². The highest BCUT2D eigenvalue weighted by Crippen LogP contribution is 2.32. The first-order chi connectivity index (χ1) is 9.84. The zero-order valence-corrected chi connectivity index (χ0v) is 12.4. The van der Waals surface area contributed by atoms with Crippen LogP contribution in [0.3, 0.4) is 0 Å². The number of nitrogens with zero attached hydrogens (tertiary/aromatic N) is 1. The van der Waals surface area contributed by atoms with Gasteiger partial charge in [0.2, 0.25) is 0 Å². The summed E-state index contributed by atoms with van der Waals surface area (Å²) < 4.78 is 0. The minimum Gasteiger partial charge on any atom is -0.244 e. The molecule has 0 amide bonds. The lowest BCUT2D eigenvalue weighted by atomic mass is 10.4. The van der Waals surface area contributed by atoms with Crippen molar-refractivity contribution in [3.63, 3.8) is 0 Å². The minimum atomic E-state index is -0.580. The number of hydrogen-bond acceptors (Lipinski definition) is 1. The molecule has 1 heterocycles. The zero-order valence-electron chi connectivity index (χ0n) is 10.8. The highest BCUT2D eigenvalue weighted by molar-refractivity contribution is 7.79. The molecule has 0 spiro atoms. The van der Waals surface area contributed by atoms with Gasteiger partial charge in [0.25, 0.3) is 0 Å². The Balaban J connectivity index is 2.11. The normalized spacial score (nSPS) is 10.7. The third kappa shape index (κ3) is 2.90. The molecule has 3 rings (SSSR count). The molecule has 0 fully saturated rings. The maximum absolute atomic E-state index is 5.90. The number of pyridine rings is 1. The predicted octanol–water partition coefficient (Wildman–Crippen LogP) is 3.49. The van der Waals surface area contributed by atoms with E-state index in [1.54, 1.807) is 0 Å². The summed E-state index contributed by atoms with van der Waals surface area (Å²) in [5.74, 6) is 0. The second-order valence-corrected chi connectivity index (χ2v) is 6.95. The monoisotopic (exact) mass is 297 g/mol. The topological polar surface area (TPSA) is 12.9 Å². The molecule has 0 N–H and O–H groups in total. The van der Waals surface area contributed by atoms with Crippen LogP contribution in [0.1, 0.15) is 0 Å². The van der Waals surface area contributed by atoms with Crippen LogP contribution in [0, 0.1) is 0 Å². The maximum Gasteiger partial charge on any atom is 0.129 e. The van der Waals surface area contributed by atoms with Crippen LogP contribution in [0.4, 0.5) is 0 Å². The van der Waals surface area contributed by atoms with E-state index in [-0.39, 0.29) is 0 Å². The van der Waals surface area contributed by atoms with E-state index in [0.29, 0.717) is 5.15 Å². The quantitative estimate of drug-likeness (QED) is 0.533. The van der Waals surface area contributed by atoms with Crippen molar-refractivity contribution in [1.29, 1.82) is 0 Å². The molecule has 0 radical (unpaired) electrons. The van der Waals surface area contributed by atoms with Crippen LogP contribution in [0.2, 0.25) is 5.15 Å². The van der Waals surface area contributed by atoms with E-state index in [1.807, 2.05) is 24.4 Å². The lowest BCUT2D eigenvalue weighted by molar-refractivity contribution is 1.35. The molecule has 0 saturated carbocycles. The van der Waals surface area contributed by atoms with Gasteiger partial charge in [0, 0.05) is 11.5 Å². The average molecular weight is 298 g/mol. The molecule has 0 aliphatic carbocycles. The molecule has 0 aliphatic rings. The molecule has 2 aromatic carbocycles. The van der Waals surface area contributed by atoms with Gasteiger partial charge < -0.3 is 0 Å². The molecule has 1 aromatic heterocycles. The van der Waals surface area contributed by atoms with Crippen molar-refractivity contribution in [2.45, 2.75) is 0 Å². The summed E-state index contributed by atoms with van der Waals surface area (Å²) in [6.07, 6.45) is 1.88. The van der Waals surface area contributed by atoms with Crippen LogP contribution in [-0.4, -0.2) is 4.98 Å². The van der Waals surface area contributed by atoms with Crippen LogP contribution in [0.15, 0.2) is 79.0 Å². The first-order valence-corrected chi connectivity index (χ1v) is 8.08. The van der Waals surface area contributed by atoms with Crippen LogP contribution in [-0.2, 0) is 0 Å². The first-order valence-electron chi connectivity index (χ1n) is 6.36. The highest BCUT2D eigenvalue weighted by atomic mass is 35.5. The summed E-state index contributed by atoms with van der Waals surface area (Å²) in [5, 5.41) is 4.38. The number of aromatic nitrogens is 1. The summed E-state index contributed by atoms with van der Waals surface area (Å²) >= 11 is 5.90. The van der Waals surface area contributed by atoms with Gasteiger partial charge in [0.1, 0.15) is 5.15 Å². The van der Waals surface area contributed by atoms with E-state index < -0.39 is 7.92 Å². The largest absolute Gasteiger partial charge is 0.244 e. The molecular weight excluding hydrogens is 285 g/mol. The summed E-state index contributed by atoms with van der Waals surface area (Å²) in [4.78, 5) is 4.23. The predicted molar refractivity (Wildman–Crippen MR) is 88.0 cm³/mol. The van der Waals surface area contributed by atoms with E-state index >= 15 is 0 Å². The van der Waals surface area contributed by atoms with Crippen molar-refractivity contribution < 1.29 is 0 Å². The van der Waals surface area contributed by atoms with Gasteiger partial charge in [-0.3, -0.25) is 0 Å². The molecule has 3 heteroatoms. The van der Waals surface area contributed by atoms with E-state index in [0.717, 1.165) is 0 Å².